The summed E-state index contributed by atoms with van der Waals surface area (Å²) in [5.74, 6) is 0.675. The first-order chi connectivity index (χ1) is 9.31. The average molecular weight is 272 g/mol. The monoisotopic (exact) mass is 272 g/mol. The number of rotatable bonds is 3. The van der Waals surface area contributed by atoms with Crippen LogP contribution in [0.5, 0.6) is 0 Å². The number of halogens is 1. The van der Waals surface area contributed by atoms with E-state index in [-0.39, 0.29) is 5.82 Å². The van der Waals surface area contributed by atoms with E-state index in [2.05, 4.69) is 20.3 Å². The molecule has 1 aromatic carbocycles. The maximum atomic E-state index is 13.1. The van der Waals surface area contributed by atoms with Crippen LogP contribution in [-0.2, 0) is 0 Å². The Kier molecular flexibility index (Phi) is 3.16. The molecule has 4 nitrogen and oxygen atoms in total. The van der Waals surface area contributed by atoms with Crippen molar-refractivity contribution in [3.8, 4) is 11.4 Å². The van der Waals surface area contributed by atoms with E-state index in [0.29, 0.717) is 17.5 Å². The molecule has 0 aliphatic rings. The molecule has 0 bridgehead atoms. The highest BCUT2D eigenvalue weighted by Crippen LogP contribution is 2.19. The van der Waals surface area contributed by atoms with Crippen molar-refractivity contribution in [1.82, 2.24) is 15.0 Å². The van der Waals surface area contributed by atoms with E-state index in [9.17, 15) is 4.39 Å². The number of anilines is 2. The Morgan fingerprint density at radius 1 is 1.16 bits per heavy atom. The van der Waals surface area contributed by atoms with E-state index in [4.69, 9.17) is 0 Å². The number of nitrogens with one attached hydrogen (secondary N) is 1. The summed E-state index contributed by atoms with van der Waals surface area (Å²) in [6.45, 7) is 0. The molecule has 2 aromatic heterocycles. The van der Waals surface area contributed by atoms with Gasteiger partial charge in [0.25, 0.3) is 0 Å². The number of hydrogen-bond acceptors (Lipinski definition) is 5. The van der Waals surface area contributed by atoms with Crippen LogP contribution in [0, 0.1) is 5.82 Å². The topological polar surface area (TPSA) is 50.7 Å². The molecule has 0 amide bonds. The predicted octanol–water partition coefficient (Wildman–Crippen LogP) is 3.48. The molecule has 0 aliphatic heterocycles. The minimum absolute atomic E-state index is 0.308. The van der Waals surface area contributed by atoms with E-state index < -0.39 is 0 Å². The molecule has 0 unspecified atom stereocenters. The molecule has 2 heterocycles. The summed E-state index contributed by atoms with van der Waals surface area (Å²) in [5, 5.41) is 6.87. The van der Waals surface area contributed by atoms with E-state index in [1.165, 1.54) is 18.5 Å². The van der Waals surface area contributed by atoms with Crippen LogP contribution in [0.2, 0.25) is 0 Å². The fourth-order valence-corrected chi connectivity index (χ4v) is 2.22. The van der Waals surface area contributed by atoms with Crippen molar-refractivity contribution < 1.29 is 4.39 Å². The zero-order valence-corrected chi connectivity index (χ0v) is 10.6. The predicted molar refractivity (Wildman–Crippen MR) is 72.8 cm³/mol. The third-order valence-corrected chi connectivity index (χ3v) is 3.12. The van der Waals surface area contributed by atoms with Crippen LogP contribution in [0.3, 0.4) is 0 Å². The molecule has 94 valence electrons. The van der Waals surface area contributed by atoms with E-state index in [0.717, 1.165) is 5.56 Å². The van der Waals surface area contributed by atoms with Crippen molar-refractivity contribution in [2.75, 3.05) is 5.32 Å². The molecule has 0 fully saturated rings. The number of thiophene rings is 1. The Labute approximate surface area is 113 Å². The van der Waals surface area contributed by atoms with Crippen molar-refractivity contribution in [3.05, 3.63) is 53.2 Å². The SMILES string of the molecule is Fc1cccc(Nc2ncnc(-c3ccsc3)n2)c1. The first kappa shape index (κ1) is 11.7. The van der Waals surface area contributed by atoms with Crippen LogP contribution in [0.1, 0.15) is 0 Å². The van der Waals surface area contributed by atoms with Crippen molar-refractivity contribution >= 4 is 23.0 Å². The molecule has 19 heavy (non-hydrogen) atoms. The number of aromatic nitrogens is 3. The Balaban J connectivity index is 1.88. The van der Waals surface area contributed by atoms with Gasteiger partial charge in [0.05, 0.1) is 0 Å². The molecule has 0 saturated carbocycles. The molecule has 3 aromatic rings. The summed E-state index contributed by atoms with van der Waals surface area (Å²) < 4.78 is 13.1. The zero-order chi connectivity index (χ0) is 13.1. The number of benzene rings is 1. The van der Waals surface area contributed by atoms with Crippen LogP contribution < -0.4 is 5.32 Å². The molecular formula is C13H9FN4S. The second kappa shape index (κ2) is 5.11. The van der Waals surface area contributed by atoms with Gasteiger partial charge in [0.2, 0.25) is 5.95 Å². The molecule has 0 spiro atoms. The molecular weight excluding hydrogens is 263 g/mol. The van der Waals surface area contributed by atoms with E-state index in [1.54, 1.807) is 23.5 Å². The van der Waals surface area contributed by atoms with E-state index in [1.807, 2.05) is 16.8 Å². The third kappa shape index (κ3) is 2.74. The highest BCUT2D eigenvalue weighted by atomic mass is 32.1. The molecule has 3 rings (SSSR count). The highest BCUT2D eigenvalue weighted by molar-refractivity contribution is 7.08. The first-order valence-electron chi connectivity index (χ1n) is 5.55. The lowest BCUT2D eigenvalue weighted by molar-refractivity contribution is 0.628. The van der Waals surface area contributed by atoms with Gasteiger partial charge in [0.1, 0.15) is 12.1 Å². The Morgan fingerprint density at radius 3 is 2.89 bits per heavy atom. The van der Waals surface area contributed by atoms with Gasteiger partial charge in [-0.2, -0.15) is 16.3 Å². The average Bonchev–Trinajstić information content (AvgIpc) is 2.93. The summed E-state index contributed by atoms with van der Waals surface area (Å²) in [6, 6.07) is 8.07. The fourth-order valence-electron chi connectivity index (χ4n) is 1.58. The third-order valence-electron chi connectivity index (χ3n) is 2.43. The van der Waals surface area contributed by atoms with Crippen LogP contribution in [0.4, 0.5) is 16.0 Å². The largest absolute Gasteiger partial charge is 0.324 e. The second-order valence-corrected chi connectivity index (χ2v) is 4.56. The van der Waals surface area contributed by atoms with Gasteiger partial charge in [-0.25, -0.2) is 14.4 Å². The van der Waals surface area contributed by atoms with Gasteiger partial charge < -0.3 is 5.32 Å². The number of hydrogen-bond donors (Lipinski definition) is 1. The van der Waals surface area contributed by atoms with Gasteiger partial charge in [-0.05, 0) is 29.6 Å². The Morgan fingerprint density at radius 2 is 2.11 bits per heavy atom. The van der Waals surface area contributed by atoms with Gasteiger partial charge in [-0.15, -0.1) is 0 Å². The maximum Gasteiger partial charge on any atom is 0.230 e. The summed E-state index contributed by atoms with van der Waals surface area (Å²) in [4.78, 5) is 12.4. The van der Waals surface area contributed by atoms with Crippen LogP contribution in [0.15, 0.2) is 47.4 Å². The Hall–Kier alpha value is -2.34. The lowest BCUT2D eigenvalue weighted by Crippen LogP contribution is -1.99. The first-order valence-corrected chi connectivity index (χ1v) is 6.50. The fraction of sp³-hybridized carbons (Fsp3) is 0. The van der Waals surface area contributed by atoms with Crippen molar-refractivity contribution in [1.29, 1.82) is 0 Å². The standard InChI is InChI=1S/C13H9FN4S/c14-10-2-1-3-11(6-10)17-13-16-8-15-12(18-13)9-4-5-19-7-9/h1-8H,(H,15,16,17,18). The van der Waals surface area contributed by atoms with Crippen LogP contribution >= 0.6 is 11.3 Å². The number of nitrogens with zero attached hydrogens (tertiary/aromatic N) is 3. The lowest BCUT2D eigenvalue weighted by atomic mass is 10.3. The second-order valence-electron chi connectivity index (χ2n) is 3.78. The van der Waals surface area contributed by atoms with Crippen molar-refractivity contribution in [3.63, 3.8) is 0 Å². The zero-order valence-electron chi connectivity index (χ0n) is 9.75. The lowest BCUT2D eigenvalue weighted by Gasteiger charge is -2.05. The van der Waals surface area contributed by atoms with Gasteiger partial charge >= 0.3 is 0 Å². The van der Waals surface area contributed by atoms with Gasteiger partial charge in [-0.3, -0.25) is 0 Å². The molecule has 0 saturated heterocycles. The summed E-state index contributed by atoms with van der Waals surface area (Å²) in [6.07, 6.45) is 1.43. The smallest absolute Gasteiger partial charge is 0.230 e. The molecule has 0 atom stereocenters. The Bertz CT molecular complexity index is 685. The quantitative estimate of drug-likeness (QED) is 0.793. The van der Waals surface area contributed by atoms with Crippen LogP contribution in [-0.4, -0.2) is 15.0 Å². The molecule has 0 aliphatic carbocycles. The normalized spacial score (nSPS) is 10.4. The molecule has 1 N–H and O–H groups in total. The highest BCUT2D eigenvalue weighted by Gasteiger charge is 2.04. The van der Waals surface area contributed by atoms with E-state index >= 15 is 0 Å². The minimum atomic E-state index is -0.308. The summed E-state index contributed by atoms with van der Waals surface area (Å²) >= 11 is 1.58. The minimum Gasteiger partial charge on any atom is -0.324 e. The molecule has 0 radical (unpaired) electrons. The van der Waals surface area contributed by atoms with Gasteiger partial charge in [-0.1, -0.05) is 6.07 Å². The molecule has 6 heteroatoms. The van der Waals surface area contributed by atoms with Gasteiger partial charge in [0, 0.05) is 16.6 Å². The van der Waals surface area contributed by atoms with Gasteiger partial charge in [0.15, 0.2) is 5.82 Å². The van der Waals surface area contributed by atoms with Crippen molar-refractivity contribution in [2.24, 2.45) is 0 Å². The summed E-state index contributed by atoms with van der Waals surface area (Å²) in [7, 11) is 0. The van der Waals surface area contributed by atoms with Crippen LogP contribution in [0.25, 0.3) is 11.4 Å². The summed E-state index contributed by atoms with van der Waals surface area (Å²) in [5.41, 5.74) is 1.54. The maximum absolute atomic E-state index is 13.1. The van der Waals surface area contributed by atoms with Crippen molar-refractivity contribution in [2.45, 2.75) is 0 Å².